The summed E-state index contributed by atoms with van der Waals surface area (Å²) in [6, 6.07) is 29.4. The maximum absolute atomic E-state index is 4.39. The molecular formula is C21H17Br. The van der Waals surface area contributed by atoms with Crippen LogP contribution in [0.15, 0.2) is 96.0 Å². The SMILES string of the molecule is C=C(c1ccccc1)C(c1ccccc1)c1ccc(Br)cc1. The van der Waals surface area contributed by atoms with E-state index < -0.39 is 0 Å². The smallest absolute Gasteiger partial charge is 0.0340 e. The van der Waals surface area contributed by atoms with Gasteiger partial charge in [0, 0.05) is 10.4 Å². The summed E-state index contributed by atoms with van der Waals surface area (Å²) in [5.41, 5.74) is 4.82. The molecule has 0 aliphatic carbocycles. The Kier molecular flexibility index (Phi) is 4.55. The minimum atomic E-state index is 0.164. The standard InChI is InChI=1S/C21H17Br/c1-16(17-8-4-2-5-9-17)21(18-10-6-3-7-11-18)19-12-14-20(22)15-13-19/h2-15,21H,1H2. The van der Waals surface area contributed by atoms with E-state index in [0.717, 1.165) is 10.0 Å². The van der Waals surface area contributed by atoms with Crippen LogP contribution in [0.2, 0.25) is 0 Å². The summed E-state index contributed by atoms with van der Waals surface area (Å²) in [5.74, 6) is 0.164. The van der Waals surface area contributed by atoms with Crippen molar-refractivity contribution in [2.45, 2.75) is 5.92 Å². The molecule has 0 bridgehead atoms. The summed E-state index contributed by atoms with van der Waals surface area (Å²) in [4.78, 5) is 0. The fraction of sp³-hybridized carbons (Fsp3) is 0.0476. The van der Waals surface area contributed by atoms with Gasteiger partial charge in [-0.05, 0) is 34.4 Å². The Bertz CT molecular complexity index is 743. The number of rotatable bonds is 4. The number of hydrogen-bond donors (Lipinski definition) is 0. The van der Waals surface area contributed by atoms with Crippen LogP contribution < -0.4 is 0 Å². The van der Waals surface area contributed by atoms with Gasteiger partial charge >= 0.3 is 0 Å². The van der Waals surface area contributed by atoms with Gasteiger partial charge < -0.3 is 0 Å². The first-order chi connectivity index (χ1) is 10.8. The molecule has 0 aromatic heterocycles. The topological polar surface area (TPSA) is 0 Å². The van der Waals surface area contributed by atoms with Crippen molar-refractivity contribution in [1.82, 2.24) is 0 Å². The number of halogens is 1. The molecule has 0 radical (unpaired) electrons. The van der Waals surface area contributed by atoms with Crippen molar-refractivity contribution in [3.63, 3.8) is 0 Å². The summed E-state index contributed by atoms with van der Waals surface area (Å²) in [6.45, 7) is 4.39. The summed E-state index contributed by atoms with van der Waals surface area (Å²) >= 11 is 3.51. The zero-order chi connectivity index (χ0) is 15.4. The third-order valence-electron chi connectivity index (χ3n) is 3.83. The van der Waals surface area contributed by atoms with Crippen molar-refractivity contribution in [1.29, 1.82) is 0 Å². The highest BCUT2D eigenvalue weighted by Gasteiger charge is 2.18. The average Bonchev–Trinajstić information content (AvgIpc) is 2.58. The molecule has 0 saturated carbocycles. The van der Waals surface area contributed by atoms with E-state index in [4.69, 9.17) is 0 Å². The minimum absolute atomic E-state index is 0.164. The van der Waals surface area contributed by atoms with Gasteiger partial charge in [0.15, 0.2) is 0 Å². The first kappa shape index (κ1) is 14.8. The van der Waals surface area contributed by atoms with Crippen molar-refractivity contribution in [3.8, 4) is 0 Å². The summed E-state index contributed by atoms with van der Waals surface area (Å²) in [5, 5.41) is 0. The van der Waals surface area contributed by atoms with Crippen molar-refractivity contribution in [2.24, 2.45) is 0 Å². The van der Waals surface area contributed by atoms with Crippen LogP contribution in [0.4, 0.5) is 0 Å². The summed E-state index contributed by atoms with van der Waals surface area (Å²) in [6.07, 6.45) is 0. The molecule has 0 spiro atoms. The lowest BCUT2D eigenvalue weighted by Gasteiger charge is -2.21. The largest absolute Gasteiger partial charge is 0.0943 e. The molecule has 3 aromatic rings. The van der Waals surface area contributed by atoms with Gasteiger partial charge in [-0.15, -0.1) is 0 Å². The zero-order valence-corrected chi connectivity index (χ0v) is 13.8. The van der Waals surface area contributed by atoms with Gasteiger partial charge in [0.2, 0.25) is 0 Å². The second-order valence-corrected chi connectivity index (χ2v) is 6.20. The predicted molar refractivity (Wildman–Crippen MR) is 97.9 cm³/mol. The summed E-state index contributed by atoms with van der Waals surface area (Å²) in [7, 11) is 0. The maximum Gasteiger partial charge on any atom is 0.0340 e. The summed E-state index contributed by atoms with van der Waals surface area (Å²) < 4.78 is 1.09. The Labute approximate surface area is 140 Å². The Morgan fingerprint density at radius 2 is 1.18 bits per heavy atom. The molecule has 0 aliphatic rings. The Morgan fingerprint density at radius 3 is 1.77 bits per heavy atom. The molecule has 1 unspecified atom stereocenters. The molecule has 3 aromatic carbocycles. The van der Waals surface area contributed by atoms with E-state index in [1.807, 2.05) is 12.1 Å². The monoisotopic (exact) mass is 348 g/mol. The molecule has 0 fully saturated rings. The number of benzene rings is 3. The van der Waals surface area contributed by atoms with E-state index >= 15 is 0 Å². The van der Waals surface area contributed by atoms with Gasteiger partial charge in [-0.1, -0.05) is 95.3 Å². The van der Waals surface area contributed by atoms with Gasteiger partial charge in [-0.25, -0.2) is 0 Å². The van der Waals surface area contributed by atoms with Crippen LogP contribution in [-0.2, 0) is 0 Å². The van der Waals surface area contributed by atoms with Gasteiger partial charge in [-0.3, -0.25) is 0 Å². The van der Waals surface area contributed by atoms with Crippen molar-refractivity contribution < 1.29 is 0 Å². The molecule has 3 rings (SSSR count). The van der Waals surface area contributed by atoms with E-state index in [9.17, 15) is 0 Å². The Morgan fingerprint density at radius 1 is 0.682 bits per heavy atom. The van der Waals surface area contributed by atoms with Crippen molar-refractivity contribution in [2.75, 3.05) is 0 Å². The van der Waals surface area contributed by atoms with E-state index in [1.165, 1.54) is 16.7 Å². The Hall–Kier alpha value is -2.12. The number of hydrogen-bond acceptors (Lipinski definition) is 0. The molecule has 0 heterocycles. The first-order valence-electron chi connectivity index (χ1n) is 7.30. The van der Waals surface area contributed by atoms with Crippen LogP contribution in [0.1, 0.15) is 22.6 Å². The number of allylic oxidation sites excluding steroid dienone is 1. The normalized spacial score (nSPS) is 11.9. The Balaban J connectivity index is 2.07. The van der Waals surface area contributed by atoms with Gasteiger partial charge in [0.05, 0.1) is 0 Å². The molecule has 108 valence electrons. The fourth-order valence-corrected chi connectivity index (χ4v) is 2.98. The highest BCUT2D eigenvalue weighted by molar-refractivity contribution is 9.10. The highest BCUT2D eigenvalue weighted by atomic mass is 79.9. The highest BCUT2D eigenvalue weighted by Crippen LogP contribution is 2.36. The van der Waals surface area contributed by atoms with E-state index in [1.54, 1.807) is 0 Å². The second kappa shape index (κ2) is 6.76. The van der Waals surface area contributed by atoms with Crippen LogP contribution >= 0.6 is 15.9 Å². The fourth-order valence-electron chi connectivity index (χ4n) is 2.71. The second-order valence-electron chi connectivity index (χ2n) is 5.29. The molecule has 0 nitrogen and oxygen atoms in total. The molecule has 1 heteroatoms. The molecular weight excluding hydrogens is 332 g/mol. The van der Waals surface area contributed by atoms with Crippen LogP contribution in [0.3, 0.4) is 0 Å². The molecule has 0 aliphatic heterocycles. The van der Waals surface area contributed by atoms with E-state index in [2.05, 4.69) is 95.3 Å². The first-order valence-corrected chi connectivity index (χ1v) is 8.09. The van der Waals surface area contributed by atoms with Crippen LogP contribution in [-0.4, -0.2) is 0 Å². The lowest BCUT2D eigenvalue weighted by Crippen LogP contribution is -2.03. The quantitative estimate of drug-likeness (QED) is 0.519. The minimum Gasteiger partial charge on any atom is -0.0943 e. The predicted octanol–water partition coefficient (Wildman–Crippen LogP) is 6.29. The van der Waals surface area contributed by atoms with Gasteiger partial charge in [-0.2, -0.15) is 0 Å². The van der Waals surface area contributed by atoms with Gasteiger partial charge in [0.1, 0.15) is 0 Å². The van der Waals surface area contributed by atoms with E-state index in [-0.39, 0.29) is 5.92 Å². The third-order valence-corrected chi connectivity index (χ3v) is 4.36. The zero-order valence-electron chi connectivity index (χ0n) is 12.2. The maximum atomic E-state index is 4.39. The van der Waals surface area contributed by atoms with Gasteiger partial charge in [0.25, 0.3) is 0 Å². The van der Waals surface area contributed by atoms with Crippen molar-refractivity contribution >= 4 is 21.5 Å². The van der Waals surface area contributed by atoms with Crippen LogP contribution in [0, 0.1) is 0 Å². The molecule has 0 amide bonds. The van der Waals surface area contributed by atoms with Crippen molar-refractivity contribution in [3.05, 3.63) is 113 Å². The molecule has 0 saturated heterocycles. The molecule has 22 heavy (non-hydrogen) atoms. The third kappa shape index (κ3) is 3.20. The van der Waals surface area contributed by atoms with Crippen LogP contribution in [0.25, 0.3) is 5.57 Å². The lowest BCUT2D eigenvalue weighted by atomic mass is 9.82. The average molecular weight is 349 g/mol. The van der Waals surface area contributed by atoms with Crippen LogP contribution in [0.5, 0.6) is 0 Å². The lowest BCUT2D eigenvalue weighted by molar-refractivity contribution is 1.05. The van der Waals surface area contributed by atoms with E-state index in [0.29, 0.717) is 0 Å². The molecule has 0 N–H and O–H groups in total. The molecule has 1 atom stereocenters.